The van der Waals surface area contributed by atoms with E-state index in [-0.39, 0.29) is 32.1 Å². The molecule has 0 saturated carbocycles. The van der Waals surface area contributed by atoms with Crippen molar-refractivity contribution in [3.05, 3.63) is 65.5 Å². The third-order valence-corrected chi connectivity index (χ3v) is 4.83. The Morgan fingerprint density at radius 3 is 2.21 bits per heavy atom. The van der Waals surface area contributed by atoms with Crippen LogP contribution in [0.25, 0.3) is 0 Å². The lowest BCUT2D eigenvalue weighted by atomic mass is 10.1. The fourth-order valence-corrected chi connectivity index (χ4v) is 3.08. The first-order valence-corrected chi connectivity index (χ1v) is 11.2. The molecule has 1 atom stereocenters. The Morgan fingerprint density at radius 2 is 1.59 bits per heavy atom. The first kappa shape index (κ1) is 27.1. The highest BCUT2D eigenvalue weighted by atomic mass is 19.1. The Bertz CT molecular complexity index is 874. The van der Waals surface area contributed by atoms with E-state index in [0.717, 1.165) is 11.1 Å². The lowest BCUT2D eigenvalue weighted by Gasteiger charge is -2.22. The Balaban J connectivity index is 1.79. The summed E-state index contributed by atoms with van der Waals surface area (Å²) in [6, 6.07) is 13.1. The molecule has 0 fully saturated rings. The van der Waals surface area contributed by atoms with Crippen LogP contribution in [0, 0.1) is 5.82 Å². The summed E-state index contributed by atoms with van der Waals surface area (Å²) in [6.07, 6.45) is -1.08. The Hall–Kier alpha value is -3.17. The van der Waals surface area contributed by atoms with Gasteiger partial charge in [-0.1, -0.05) is 24.3 Å². The van der Waals surface area contributed by atoms with Gasteiger partial charge in [0.05, 0.1) is 26.4 Å². The van der Waals surface area contributed by atoms with Crippen molar-refractivity contribution in [2.45, 2.75) is 33.0 Å². The van der Waals surface area contributed by atoms with Gasteiger partial charge in [0.25, 0.3) is 0 Å². The summed E-state index contributed by atoms with van der Waals surface area (Å²) < 4.78 is 34.6. The average molecular weight is 478 g/mol. The van der Waals surface area contributed by atoms with Crippen LogP contribution >= 0.6 is 0 Å². The SMILES string of the molecule is CCOC(=O)N(CCOCc1ccc(F)cc1)CCOc1ccc(CC(OCC)C(=O)O)cc1. The smallest absolute Gasteiger partial charge is 0.409 e. The van der Waals surface area contributed by atoms with Crippen LogP contribution in [0.2, 0.25) is 0 Å². The first-order chi connectivity index (χ1) is 16.4. The van der Waals surface area contributed by atoms with Gasteiger partial charge in [-0.25, -0.2) is 14.0 Å². The number of carboxylic acids is 1. The molecule has 1 unspecified atom stereocenters. The maximum absolute atomic E-state index is 13.0. The maximum atomic E-state index is 13.0. The third kappa shape index (κ3) is 9.76. The minimum absolute atomic E-state index is 0.243. The number of ether oxygens (including phenoxy) is 4. The van der Waals surface area contributed by atoms with Crippen molar-refractivity contribution in [3.8, 4) is 5.75 Å². The van der Waals surface area contributed by atoms with Crippen molar-refractivity contribution < 1.29 is 38.0 Å². The summed E-state index contributed by atoms with van der Waals surface area (Å²) in [5.41, 5.74) is 1.66. The zero-order valence-corrected chi connectivity index (χ0v) is 19.6. The topological polar surface area (TPSA) is 94.5 Å². The summed E-state index contributed by atoms with van der Waals surface area (Å²) in [4.78, 5) is 25.0. The van der Waals surface area contributed by atoms with Crippen LogP contribution in [0.3, 0.4) is 0 Å². The van der Waals surface area contributed by atoms with Gasteiger partial charge in [0.2, 0.25) is 0 Å². The summed E-state index contributed by atoms with van der Waals surface area (Å²) in [6.45, 7) is 5.53. The van der Waals surface area contributed by atoms with E-state index in [1.54, 1.807) is 50.2 Å². The molecule has 2 aromatic rings. The van der Waals surface area contributed by atoms with Gasteiger partial charge in [0.15, 0.2) is 6.10 Å². The van der Waals surface area contributed by atoms with Gasteiger partial charge in [-0.3, -0.25) is 0 Å². The number of hydrogen-bond acceptors (Lipinski definition) is 6. The lowest BCUT2D eigenvalue weighted by Crippen LogP contribution is -2.37. The van der Waals surface area contributed by atoms with Gasteiger partial charge in [0, 0.05) is 19.6 Å². The molecule has 0 aromatic heterocycles. The van der Waals surface area contributed by atoms with E-state index >= 15 is 0 Å². The monoisotopic (exact) mass is 477 g/mol. The Labute approximate surface area is 199 Å². The quantitative estimate of drug-likeness (QED) is 0.389. The van der Waals surface area contributed by atoms with Gasteiger partial charge in [0.1, 0.15) is 18.2 Å². The number of aliphatic carboxylic acids is 1. The van der Waals surface area contributed by atoms with Gasteiger partial charge in [-0.15, -0.1) is 0 Å². The van der Waals surface area contributed by atoms with Gasteiger partial charge >= 0.3 is 12.1 Å². The molecule has 0 aliphatic carbocycles. The minimum atomic E-state index is -0.997. The highest BCUT2D eigenvalue weighted by Crippen LogP contribution is 2.15. The predicted molar refractivity (Wildman–Crippen MR) is 123 cm³/mol. The van der Waals surface area contributed by atoms with E-state index in [4.69, 9.17) is 18.9 Å². The lowest BCUT2D eigenvalue weighted by molar-refractivity contribution is -0.149. The van der Waals surface area contributed by atoms with Crippen LogP contribution in [-0.2, 0) is 32.0 Å². The molecule has 0 saturated heterocycles. The van der Waals surface area contributed by atoms with Crippen molar-refractivity contribution in [2.24, 2.45) is 0 Å². The highest BCUT2D eigenvalue weighted by Gasteiger charge is 2.18. The second kappa shape index (κ2) is 14.9. The van der Waals surface area contributed by atoms with E-state index in [1.807, 2.05) is 0 Å². The largest absolute Gasteiger partial charge is 0.492 e. The molecule has 0 bridgehead atoms. The highest BCUT2D eigenvalue weighted by molar-refractivity contribution is 5.72. The molecule has 9 heteroatoms. The Morgan fingerprint density at radius 1 is 0.941 bits per heavy atom. The molecule has 1 amide bonds. The first-order valence-electron chi connectivity index (χ1n) is 11.2. The van der Waals surface area contributed by atoms with Gasteiger partial charge < -0.3 is 29.0 Å². The molecular formula is C25H32FNO7. The number of nitrogens with zero attached hydrogens (tertiary/aromatic N) is 1. The molecule has 0 aliphatic heterocycles. The van der Waals surface area contributed by atoms with E-state index in [2.05, 4.69) is 0 Å². The summed E-state index contributed by atoms with van der Waals surface area (Å²) in [7, 11) is 0. The van der Waals surface area contributed by atoms with Crippen molar-refractivity contribution in [1.82, 2.24) is 4.90 Å². The van der Waals surface area contributed by atoms with E-state index in [9.17, 15) is 19.1 Å². The standard InChI is InChI=1S/C25H32FNO7/c1-3-32-23(24(28)29)17-19-7-11-22(12-8-19)34-16-14-27(25(30)33-4-2)13-15-31-18-20-5-9-21(26)10-6-20/h5-12,23H,3-4,13-18H2,1-2H3,(H,28,29). The average Bonchev–Trinajstić information content (AvgIpc) is 2.82. The minimum Gasteiger partial charge on any atom is -0.492 e. The zero-order chi connectivity index (χ0) is 24.8. The van der Waals surface area contributed by atoms with E-state index in [0.29, 0.717) is 32.1 Å². The van der Waals surface area contributed by atoms with Crippen LogP contribution in [0.4, 0.5) is 9.18 Å². The number of carboxylic acid groups (broad SMARTS) is 1. The Kier molecular flexibility index (Phi) is 11.8. The molecule has 0 spiro atoms. The predicted octanol–water partition coefficient (Wildman–Crippen LogP) is 3.91. The van der Waals surface area contributed by atoms with Gasteiger partial charge in [-0.2, -0.15) is 0 Å². The molecule has 186 valence electrons. The van der Waals surface area contributed by atoms with Crippen LogP contribution in [-0.4, -0.2) is 67.7 Å². The second-order valence-electron chi connectivity index (χ2n) is 7.34. The van der Waals surface area contributed by atoms with Gasteiger partial charge in [-0.05, 0) is 49.2 Å². The number of amides is 1. The molecule has 0 heterocycles. The number of rotatable bonds is 15. The molecule has 1 N–H and O–H groups in total. The number of benzene rings is 2. The number of halogens is 1. The third-order valence-electron chi connectivity index (χ3n) is 4.83. The molecule has 8 nitrogen and oxygen atoms in total. The molecule has 2 aromatic carbocycles. The number of hydrogen-bond donors (Lipinski definition) is 1. The maximum Gasteiger partial charge on any atom is 0.409 e. The van der Waals surface area contributed by atoms with Crippen LogP contribution in [0.1, 0.15) is 25.0 Å². The fraction of sp³-hybridized carbons (Fsp3) is 0.440. The van der Waals surface area contributed by atoms with Crippen LogP contribution in [0.5, 0.6) is 5.75 Å². The number of carbonyl (C=O) groups is 2. The number of carbonyl (C=O) groups excluding carboxylic acids is 1. The summed E-state index contributed by atoms with van der Waals surface area (Å²) in [5.74, 6) is -0.701. The van der Waals surface area contributed by atoms with E-state index in [1.165, 1.54) is 17.0 Å². The van der Waals surface area contributed by atoms with Crippen molar-refractivity contribution in [1.29, 1.82) is 0 Å². The molecular weight excluding hydrogens is 445 g/mol. The fourth-order valence-electron chi connectivity index (χ4n) is 3.08. The van der Waals surface area contributed by atoms with Crippen molar-refractivity contribution >= 4 is 12.1 Å². The van der Waals surface area contributed by atoms with Crippen molar-refractivity contribution in [3.63, 3.8) is 0 Å². The molecule has 0 radical (unpaired) electrons. The molecule has 2 rings (SSSR count). The molecule has 0 aliphatic rings. The van der Waals surface area contributed by atoms with Crippen molar-refractivity contribution in [2.75, 3.05) is 39.5 Å². The molecule has 34 heavy (non-hydrogen) atoms. The van der Waals surface area contributed by atoms with Crippen LogP contribution in [0.15, 0.2) is 48.5 Å². The van der Waals surface area contributed by atoms with Crippen LogP contribution < -0.4 is 4.74 Å². The summed E-state index contributed by atoms with van der Waals surface area (Å²) in [5, 5.41) is 9.20. The van der Waals surface area contributed by atoms with E-state index < -0.39 is 18.2 Å². The normalized spacial score (nSPS) is 11.6. The summed E-state index contributed by atoms with van der Waals surface area (Å²) >= 11 is 0. The second-order valence-corrected chi connectivity index (χ2v) is 7.34. The zero-order valence-electron chi connectivity index (χ0n) is 19.6.